The Labute approximate surface area is 122 Å². The first-order valence-corrected chi connectivity index (χ1v) is 6.67. The van der Waals surface area contributed by atoms with Crippen molar-refractivity contribution < 1.29 is 9.32 Å². The van der Waals surface area contributed by atoms with Gasteiger partial charge in [-0.05, 0) is 11.1 Å². The second kappa shape index (κ2) is 6.05. The van der Waals surface area contributed by atoms with Gasteiger partial charge in [-0.15, -0.1) is 0 Å². The molecular weight excluding hydrogens is 264 g/mol. The molecule has 1 N–H and O–H groups in total. The Morgan fingerprint density at radius 3 is 2.38 bits per heavy atom. The number of rotatable bonds is 4. The van der Waals surface area contributed by atoms with Gasteiger partial charge in [0.25, 0.3) is 0 Å². The van der Waals surface area contributed by atoms with Crippen molar-refractivity contribution in [1.29, 1.82) is 0 Å². The maximum Gasteiger partial charge on any atom is 0.239 e. The van der Waals surface area contributed by atoms with E-state index in [1.165, 1.54) is 0 Å². The first-order chi connectivity index (χ1) is 10.3. The highest BCUT2D eigenvalue weighted by molar-refractivity contribution is 5.94. The Hall–Kier alpha value is -2.88. The minimum Gasteiger partial charge on any atom is -0.338 e. The third kappa shape index (κ3) is 3.17. The van der Waals surface area contributed by atoms with Gasteiger partial charge in [0.1, 0.15) is 0 Å². The molecule has 4 nitrogen and oxygen atoms in total. The lowest BCUT2D eigenvalue weighted by Crippen LogP contribution is -2.14. The van der Waals surface area contributed by atoms with Crippen LogP contribution in [-0.2, 0) is 11.2 Å². The van der Waals surface area contributed by atoms with Crippen molar-refractivity contribution in [3.05, 3.63) is 72.4 Å². The van der Waals surface area contributed by atoms with Crippen LogP contribution >= 0.6 is 0 Å². The molecule has 0 atom stereocenters. The number of anilines is 1. The zero-order valence-electron chi connectivity index (χ0n) is 11.3. The van der Waals surface area contributed by atoms with Gasteiger partial charge in [0.15, 0.2) is 0 Å². The lowest BCUT2D eigenvalue weighted by Gasteiger charge is -2.04. The van der Waals surface area contributed by atoms with Crippen LogP contribution in [0, 0.1) is 0 Å². The number of benzene rings is 2. The number of nitrogens with zero attached hydrogens (tertiary/aromatic N) is 1. The quantitative estimate of drug-likeness (QED) is 0.794. The van der Waals surface area contributed by atoms with Crippen molar-refractivity contribution in [3.63, 3.8) is 0 Å². The van der Waals surface area contributed by atoms with Gasteiger partial charge >= 0.3 is 0 Å². The summed E-state index contributed by atoms with van der Waals surface area (Å²) in [5, 5.41) is 6.54. The molecule has 0 saturated carbocycles. The molecule has 0 bridgehead atoms. The van der Waals surface area contributed by atoms with Crippen molar-refractivity contribution in [3.8, 4) is 11.1 Å². The first-order valence-electron chi connectivity index (χ1n) is 6.67. The summed E-state index contributed by atoms with van der Waals surface area (Å²) in [7, 11) is 0. The predicted molar refractivity (Wildman–Crippen MR) is 80.7 cm³/mol. The third-order valence-corrected chi connectivity index (χ3v) is 3.12. The molecule has 0 unspecified atom stereocenters. The van der Waals surface area contributed by atoms with Crippen LogP contribution in [0.5, 0.6) is 0 Å². The molecule has 1 aromatic heterocycles. The van der Waals surface area contributed by atoms with Gasteiger partial charge < -0.3 is 4.52 Å². The van der Waals surface area contributed by atoms with Crippen LogP contribution in [0.4, 0.5) is 5.88 Å². The Balaban J connectivity index is 1.74. The van der Waals surface area contributed by atoms with E-state index in [1.54, 1.807) is 6.20 Å². The Bertz CT molecular complexity index is 721. The number of carbonyl (C=O) groups is 1. The minimum absolute atomic E-state index is 0.130. The van der Waals surface area contributed by atoms with Crippen molar-refractivity contribution in [2.24, 2.45) is 0 Å². The summed E-state index contributed by atoms with van der Waals surface area (Å²) < 4.78 is 5.15. The van der Waals surface area contributed by atoms with Crippen LogP contribution < -0.4 is 5.32 Å². The van der Waals surface area contributed by atoms with E-state index >= 15 is 0 Å². The third-order valence-electron chi connectivity index (χ3n) is 3.12. The molecule has 0 aliphatic rings. The SMILES string of the molecule is O=C(Cc1ccccc1)Nc1oncc1-c1ccccc1. The minimum atomic E-state index is -0.130. The molecule has 4 heteroatoms. The average Bonchev–Trinajstić information content (AvgIpc) is 2.97. The van der Waals surface area contributed by atoms with Crippen molar-refractivity contribution in [2.75, 3.05) is 5.32 Å². The number of nitrogens with one attached hydrogen (secondary N) is 1. The van der Waals surface area contributed by atoms with Crippen molar-refractivity contribution >= 4 is 11.8 Å². The molecular formula is C17H14N2O2. The smallest absolute Gasteiger partial charge is 0.239 e. The molecule has 1 amide bonds. The molecule has 2 aromatic carbocycles. The summed E-state index contributed by atoms with van der Waals surface area (Å²) >= 11 is 0. The Morgan fingerprint density at radius 2 is 1.67 bits per heavy atom. The molecule has 1 heterocycles. The Kier molecular flexibility index (Phi) is 3.78. The number of aromatic nitrogens is 1. The number of hydrogen-bond acceptors (Lipinski definition) is 3. The summed E-state index contributed by atoms with van der Waals surface area (Å²) in [5.74, 6) is 0.247. The summed E-state index contributed by atoms with van der Waals surface area (Å²) in [5.41, 5.74) is 2.68. The van der Waals surface area contributed by atoms with Crippen LogP contribution in [0.25, 0.3) is 11.1 Å². The fourth-order valence-electron chi connectivity index (χ4n) is 2.11. The average molecular weight is 278 g/mol. The van der Waals surface area contributed by atoms with Crippen molar-refractivity contribution in [2.45, 2.75) is 6.42 Å². The van der Waals surface area contributed by atoms with E-state index in [1.807, 2.05) is 60.7 Å². The predicted octanol–water partition coefficient (Wildman–Crippen LogP) is 3.52. The zero-order chi connectivity index (χ0) is 14.5. The van der Waals surface area contributed by atoms with E-state index in [0.717, 1.165) is 16.7 Å². The van der Waals surface area contributed by atoms with E-state index in [4.69, 9.17) is 4.52 Å². The molecule has 3 rings (SSSR count). The summed E-state index contributed by atoms with van der Waals surface area (Å²) in [6.07, 6.45) is 1.91. The van der Waals surface area contributed by atoms with Crippen LogP contribution in [0.3, 0.4) is 0 Å². The van der Waals surface area contributed by atoms with Crippen LogP contribution in [0.15, 0.2) is 71.4 Å². The van der Waals surface area contributed by atoms with E-state index < -0.39 is 0 Å². The highest BCUT2D eigenvalue weighted by atomic mass is 16.5. The summed E-state index contributed by atoms with van der Waals surface area (Å²) in [6.45, 7) is 0. The van der Waals surface area contributed by atoms with Gasteiger partial charge in [-0.2, -0.15) is 0 Å². The van der Waals surface area contributed by atoms with E-state index in [0.29, 0.717) is 12.3 Å². The maximum absolute atomic E-state index is 12.1. The molecule has 0 aliphatic heterocycles. The second-order valence-electron chi connectivity index (χ2n) is 4.65. The van der Waals surface area contributed by atoms with Crippen molar-refractivity contribution in [1.82, 2.24) is 5.16 Å². The maximum atomic E-state index is 12.1. The highest BCUT2D eigenvalue weighted by Gasteiger charge is 2.13. The number of carbonyl (C=O) groups excluding carboxylic acids is 1. The zero-order valence-corrected chi connectivity index (χ0v) is 11.3. The summed E-state index contributed by atoms with van der Waals surface area (Å²) in [6, 6.07) is 19.2. The molecule has 0 fully saturated rings. The lowest BCUT2D eigenvalue weighted by atomic mass is 10.1. The van der Waals surface area contributed by atoms with Crippen LogP contribution in [0.1, 0.15) is 5.56 Å². The monoisotopic (exact) mass is 278 g/mol. The normalized spacial score (nSPS) is 10.3. The highest BCUT2D eigenvalue weighted by Crippen LogP contribution is 2.27. The van der Waals surface area contributed by atoms with Gasteiger partial charge in [-0.3, -0.25) is 10.1 Å². The first kappa shape index (κ1) is 13.1. The van der Waals surface area contributed by atoms with Gasteiger partial charge in [0.2, 0.25) is 11.8 Å². The Morgan fingerprint density at radius 1 is 1.00 bits per heavy atom. The van der Waals surface area contributed by atoms with Gasteiger partial charge in [-0.25, -0.2) is 0 Å². The molecule has 21 heavy (non-hydrogen) atoms. The molecule has 0 radical (unpaired) electrons. The van der Waals surface area contributed by atoms with Crippen LogP contribution in [0.2, 0.25) is 0 Å². The van der Waals surface area contributed by atoms with Gasteiger partial charge in [0.05, 0.1) is 18.2 Å². The lowest BCUT2D eigenvalue weighted by molar-refractivity contribution is -0.115. The molecule has 0 aliphatic carbocycles. The fourth-order valence-corrected chi connectivity index (χ4v) is 2.11. The van der Waals surface area contributed by atoms with Gasteiger partial charge in [-0.1, -0.05) is 65.8 Å². The topological polar surface area (TPSA) is 55.1 Å². The molecule has 0 saturated heterocycles. The number of hydrogen-bond donors (Lipinski definition) is 1. The van der Waals surface area contributed by atoms with E-state index in [-0.39, 0.29) is 5.91 Å². The molecule has 0 spiro atoms. The largest absolute Gasteiger partial charge is 0.338 e. The second-order valence-corrected chi connectivity index (χ2v) is 4.65. The standard InChI is InChI=1S/C17H14N2O2/c20-16(11-13-7-3-1-4-8-13)19-17-15(12-18-21-17)14-9-5-2-6-10-14/h1-10,12H,11H2,(H,19,20). The molecule has 104 valence electrons. The van der Waals surface area contributed by atoms with Crippen LogP contribution in [-0.4, -0.2) is 11.1 Å². The summed E-state index contributed by atoms with van der Waals surface area (Å²) in [4.78, 5) is 12.1. The van der Waals surface area contributed by atoms with Gasteiger partial charge in [0, 0.05) is 0 Å². The van der Waals surface area contributed by atoms with E-state index in [2.05, 4.69) is 10.5 Å². The fraction of sp³-hybridized carbons (Fsp3) is 0.0588. The number of amides is 1. The molecule has 3 aromatic rings. The van der Waals surface area contributed by atoms with E-state index in [9.17, 15) is 4.79 Å².